The zero-order valence-electron chi connectivity index (χ0n) is 12.0. The highest BCUT2D eigenvalue weighted by Gasteiger charge is 2.20. The van der Waals surface area contributed by atoms with Crippen molar-refractivity contribution in [1.29, 1.82) is 0 Å². The van der Waals surface area contributed by atoms with Gasteiger partial charge in [-0.25, -0.2) is 4.39 Å². The first-order valence-corrected chi connectivity index (χ1v) is 6.88. The van der Waals surface area contributed by atoms with Crippen LogP contribution in [0.3, 0.4) is 0 Å². The van der Waals surface area contributed by atoms with Crippen LogP contribution in [0.1, 0.15) is 29.9 Å². The lowest BCUT2D eigenvalue weighted by atomic mass is 9.99. The summed E-state index contributed by atoms with van der Waals surface area (Å²) >= 11 is 0. The number of nitrogens with two attached hydrogens (primary N) is 1. The molecule has 2 N–H and O–H groups in total. The number of likely N-dealkylation sites (N-methyl/N-ethyl adjacent to an activating group) is 1. The number of nitrogens with zero attached hydrogens (tertiary/aromatic N) is 1. The van der Waals surface area contributed by atoms with Crippen LogP contribution < -0.4 is 5.73 Å². The third-order valence-corrected chi connectivity index (χ3v) is 3.60. The summed E-state index contributed by atoms with van der Waals surface area (Å²) in [6.45, 7) is 6.04. The van der Waals surface area contributed by atoms with Gasteiger partial charge < -0.3 is 10.2 Å². The number of hydrogen-bond donors (Lipinski definition) is 1. The van der Waals surface area contributed by atoms with Crippen LogP contribution in [0.2, 0.25) is 0 Å². The Morgan fingerprint density at radius 2 is 2.15 bits per heavy atom. The smallest absolute Gasteiger partial charge is 0.123 e. The van der Waals surface area contributed by atoms with E-state index in [1.807, 2.05) is 25.1 Å². The average molecular weight is 276 g/mol. The average Bonchev–Trinajstić information content (AvgIpc) is 2.93. The van der Waals surface area contributed by atoms with E-state index in [0.29, 0.717) is 13.1 Å². The van der Waals surface area contributed by atoms with E-state index < -0.39 is 0 Å². The van der Waals surface area contributed by atoms with Crippen LogP contribution in [0.5, 0.6) is 0 Å². The molecule has 0 aliphatic rings. The normalized spacial score (nSPS) is 12.8. The van der Waals surface area contributed by atoms with Crippen molar-refractivity contribution in [3.63, 3.8) is 0 Å². The van der Waals surface area contributed by atoms with Gasteiger partial charge in [-0.3, -0.25) is 4.90 Å². The largest absolute Gasteiger partial charge is 0.468 e. The van der Waals surface area contributed by atoms with Crippen molar-refractivity contribution in [3.05, 3.63) is 59.3 Å². The predicted octanol–water partition coefficient (Wildman–Crippen LogP) is 3.25. The van der Waals surface area contributed by atoms with Crippen LogP contribution in [0, 0.1) is 12.7 Å². The van der Waals surface area contributed by atoms with E-state index in [-0.39, 0.29) is 11.9 Å². The van der Waals surface area contributed by atoms with Crippen molar-refractivity contribution in [2.45, 2.75) is 26.4 Å². The van der Waals surface area contributed by atoms with E-state index in [4.69, 9.17) is 10.2 Å². The fourth-order valence-electron chi connectivity index (χ4n) is 2.53. The second kappa shape index (κ2) is 6.68. The highest BCUT2D eigenvalue weighted by Crippen LogP contribution is 2.25. The Labute approximate surface area is 119 Å². The van der Waals surface area contributed by atoms with Gasteiger partial charge in [0.15, 0.2) is 0 Å². The molecule has 0 bridgehead atoms. The second-order valence-corrected chi connectivity index (χ2v) is 4.89. The highest BCUT2D eigenvalue weighted by molar-refractivity contribution is 5.30. The van der Waals surface area contributed by atoms with Crippen LogP contribution in [-0.4, -0.2) is 18.0 Å². The molecule has 0 saturated heterocycles. The van der Waals surface area contributed by atoms with Crippen LogP contribution in [0.15, 0.2) is 41.0 Å². The molecule has 3 nitrogen and oxygen atoms in total. The first-order valence-electron chi connectivity index (χ1n) is 6.88. The van der Waals surface area contributed by atoms with Gasteiger partial charge >= 0.3 is 0 Å². The lowest BCUT2D eigenvalue weighted by molar-refractivity contribution is 0.187. The molecule has 1 aromatic heterocycles. The van der Waals surface area contributed by atoms with Crippen molar-refractivity contribution < 1.29 is 8.81 Å². The molecule has 0 radical (unpaired) electrons. The molecule has 0 aliphatic heterocycles. The van der Waals surface area contributed by atoms with Crippen molar-refractivity contribution in [2.75, 3.05) is 13.1 Å². The molecular formula is C16H21FN2O. The molecule has 1 heterocycles. The van der Waals surface area contributed by atoms with E-state index in [1.54, 1.807) is 12.3 Å². The number of halogens is 1. The van der Waals surface area contributed by atoms with E-state index in [0.717, 1.165) is 23.4 Å². The molecule has 0 saturated carbocycles. The Kier molecular flexibility index (Phi) is 4.93. The van der Waals surface area contributed by atoms with Crippen LogP contribution in [0.25, 0.3) is 0 Å². The van der Waals surface area contributed by atoms with Gasteiger partial charge in [-0.1, -0.05) is 13.0 Å². The fourth-order valence-corrected chi connectivity index (χ4v) is 2.53. The van der Waals surface area contributed by atoms with Gasteiger partial charge in [-0.05, 0) is 48.9 Å². The summed E-state index contributed by atoms with van der Waals surface area (Å²) < 4.78 is 18.6. The third-order valence-electron chi connectivity index (χ3n) is 3.60. The van der Waals surface area contributed by atoms with E-state index in [2.05, 4.69) is 11.8 Å². The summed E-state index contributed by atoms with van der Waals surface area (Å²) in [6, 6.07) is 8.76. The topological polar surface area (TPSA) is 42.4 Å². The van der Waals surface area contributed by atoms with Gasteiger partial charge in [0, 0.05) is 12.6 Å². The fraction of sp³-hybridized carbons (Fsp3) is 0.375. The molecule has 20 heavy (non-hydrogen) atoms. The third kappa shape index (κ3) is 3.26. The number of furan rings is 1. The van der Waals surface area contributed by atoms with Gasteiger partial charge in [-0.2, -0.15) is 0 Å². The van der Waals surface area contributed by atoms with Crippen LogP contribution in [-0.2, 0) is 6.54 Å². The maximum atomic E-state index is 13.2. The molecule has 2 rings (SSSR count). The maximum Gasteiger partial charge on any atom is 0.123 e. The summed E-state index contributed by atoms with van der Waals surface area (Å²) in [5, 5.41) is 0. The molecular weight excluding hydrogens is 255 g/mol. The van der Waals surface area contributed by atoms with Crippen molar-refractivity contribution >= 4 is 0 Å². The first-order chi connectivity index (χ1) is 9.65. The Morgan fingerprint density at radius 3 is 2.70 bits per heavy atom. The zero-order chi connectivity index (χ0) is 14.5. The standard InChI is InChI=1S/C16H21FN2O/c1-3-19(11-14-5-4-8-20-14)16(10-18)15-7-6-13(17)9-12(15)2/h4-9,16H,3,10-11,18H2,1-2H3. The number of rotatable bonds is 6. The molecule has 4 heteroatoms. The Morgan fingerprint density at radius 1 is 1.35 bits per heavy atom. The lowest BCUT2D eigenvalue weighted by Crippen LogP contribution is -2.33. The zero-order valence-corrected chi connectivity index (χ0v) is 12.0. The molecule has 0 spiro atoms. The predicted molar refractivity (Wildman–Crippen MR) is 77.7 cm³/mol. The molecule has 0 fully saturated rings. The SMILES string of the molecule is CCN(Cc1ccco1)C(CN)c1ccc(F)cc1C. The van der Waals surface area contributed by atoms with Crippen LogP contribution >= 0.6 is 0 Å². The minimum absolute atomic E-state index is 0.0608. The summed E-state index contributed by atoms with van der Waals surface area (Å²) in [5.74, 6) is 0.696. The van der Waals surface area contributed by atoms with Crippen molar-refractivity contribution in [3.8, 4) is 0 Å². The molecule has 0 aliphatic carbocycles. The summed E-state index contributed by atoms with van der Waals surface area (Å²) in [4.78, 5) is 2.24. The Bertz CT molecular complexity index is 539. The van der Waals surface area contributed by atoms with Gasteiger partial charge in [0.2, 0.25) is 0 Å². The van der Waals surface area contributed by atoms with Gasteiger partial charge in [0.1, 0.15) is 11.6 Å². The van der Waals surface area contributed by atoms with Gasteiger partial charge in [0.25, 0.3) is 0 Å². The molecule has 1 aromatic carbocycles. The van der Waals surface area contributed by atoms with Gasteiger partial charge in [0.05, 0.1) is 12.8 Å². The monoisotopic (exact) mass is 276 g/mol. The minimum atomic E-state index is -0.212. The summed E-state index contributed by atoms with van der Waals surface area (Å²) in [7, 11) is 0. The summed E-state index contributed by atoms with van der Waals surface area (Å²) in [6.07, 6.45) is 1.67. The second-order valence-electron chi connectivity index (χ2n) is 4.89. The maximum absolute atomic E-state index is 13.2. The first kappa shape index (κ1) is 14.8. The quantitative estimate of drug-likeness (QED) is 0.880. The molecule has 1 unspecified atom stereocenters. The van der Waals surface area contributed by atoms with Crippen molar-refractivity contribution in [1.82, 2.24) is 4.90 Å². The molecule has 108 valence electrons. The number of aryl methyl sites for hydroxylation is 1. The van der Waals surface area contributed by atoms with E-state index in [1.165, 1.54) is 6.07 Å². The molecule has 1 atom stereocenters. The van der Waals surface area contributed by atoms with E-state index >= 15 is 0 Å². The van der Waals surface area contributed by atoms with Crippen molar-refractivity contribution in [2.24, 2.45) is 5.73 Å². The summed E-state index contributed by atoms with van der Waals surface area (Å²) in [5.41, 5.74) is 7.95. The van der Waals surface area contributed by atoms with Gasteiger partial charge in [-0.15, -0.1) is 0 Å². The number of hydrogen-bond acceptors (Lipinski definition) is 3. The minimum Gasteiger partial charge on any atom is -0.468 e. The molecule has 0 amide bonds. The highest BCUT2D eigenvalue weighted by atomic mass is 19.1. The van der Waals surface area contributed by atoms with Crippen LogP contribution in [0.4, 0.5) is 4.39 Å². The van der Waals surface area contributed by atoms with E-state index in [9.17, 15) is 4.39 Å². The lowest BCUT2D eigenvalue weighted by Gasteiger charge is -2.30. The number of benzene rings is 1. The Balaban J connectivity index is 2.24. The molecule has 2 aromatic rings. The Hall–Kier alpha value is -1.65.